The van der Waals surface area contributed by atoms with Crippen molar-refractivity contribution in [1.82, 2.24) is 4.57 Å². The van der Waals surface area contributed by atoms with Crippen LogP contribution in [0.25, 0.3) is 10.1 Å². The summed E-state index contributed by atoms with van der Waals surface area (Å²) in [4.78, 5) is 12.1. The molecule has 2 aromatic heterocycles. The molecule has 21 heavy (non-hydrogen) atoms. The number of thiophene rings is 1. The highest BCUT2D eigenvalue weighted by Crippen LogP contribution is 2.27. The van der Waals surface area contributed by atoms with E-state index in [0.717, 1.165) is 5.56 Å². The van der Waals surface area contributed by atoms with Crippen LogP contribution in [0.15, 0.2) is 41.9 Å². The molecule has 4 heteroatoms. The van der Waals surface area contributed by atoms with Gasteiger partial charge in [0.2, 0.25) is 0 Å². The van der Waals surface area contributed by atoms with E-state index in [1.165, 1.54) is 15.6 Å². The summed E-state index contributed by atoms with van der Waals surface area (Å²) in [5.74, 6) is -0.250. The van der Waals surface area contributed by atoms with Crippen LogP contribution in [0.5, 0.6) is 0 Å². The third kappa shape index (κ3) is 2.59. The topological polar surface area (TPSA) is 31.2 Å². The third-order valence-corrected chi connectivity index (χ3v) is 4.55. The van der Waals surface area contributed by atoms with Gasteiger partial charge in [0.15, 0.2) is 0 Å². The molecular weight excluding hydrogens is 282 g/mol. The van der Waals surface area contributed by atoms with Crippen molar-refractivity contribution in [2.75, 3.05) is 6.61 Å². The first-order valence-corrected chi connectivity index (χ1v) is 7.86. The molecular formula is C17H17NO2S. The van der Waals surface area contributed by atoms with E-state index in [0.29, 0.717) is 18.8 Å². The maximum absolute atomic E-state index is 12.1. The minimum absolute atomic E-state index is 0.250. The quantitative estimate of drug-likeness (QED) is 0.675. The van der Waals surface area contributed by atoms with E-state index in [4.69, 9.17) is 4.74 Å². The second-order valence-electron chi connectivity index (χ2n) is 4.95. The number of aryl methyl sites for hydroxylation is 1. The number of hydrogen-bond acceptors (Lipinski definition) is 3. The second-order valence-corrected chi connectivity index (χ2v) is 5.86. The molecule has 0 radical (unpaired) electrons. The molecule has 3 nitrogen and oxygen atoms in total. The standard InChI is InChI=1S/C17H17NO2S/c1-3-20-17(19)16-12(2)8-9-18(16)10-13-11-21-15-7-5-4-6-14(13)15/h4-9,11H,3,10H2,1-2H3. The van der Waals surface area contributed by atoms with Gasteiger partial charge in [0.1, 0.15) is 5.69 Å². The fourth-order valence-electron chi connectivity index (χ4n) is 2.53. The number of esters is 1. The van der Waals surface area contributed by atoms with Crippen LogP contribution in [0.2, 0.25) is 0 Å². The summed E-state index contributed by atoms with van der Waals surface area (Å²) in [5, 5.41) is 3.42. The highest BCUT2D eigenvalue weighted by atomic mass is 32.1. The summed E-state index contributed by atoms with van der Waals surface area (Å²) in [6.07, 6.45) is 1.95. The Bertz CT molecular complexity index is 785. The van der Waals surface area contributed by atoms with Crippen molar-refractivity contribution in [3.63, 3.8) is 0 Å². The summed E-state index contributed by atoms with van der Waals surface area (Å²) < 4.78 is 8.40. The molecule has 0 bridgehead atoms. The molecule has 0 saturated heterocycles. The third-order valence-electron chi connectivity index (χ3n) is 3.54. The Morgan fingerprint density at radius 1 is 1.29 bits per heavy atom. The van der Waals surface area contributed by atoms with Crippen molar-refractivity contribution in [2.45, 2.75) is 20.4 Å². The number of rotatable bonds is 4. The van der Waals surface area contributed by atoms with Gasteiger partial charge in [0, 0.05) is 17.4 Å². The fraction of sp³-hybridized carbons (Fsp3) is 0.235. The van der Waals surface area contributed by atoms with E-state index in [1.54, 1.807) is 11.3 Å². The summed E-state index contributed by atoms with van der Waals surface area (Å²) in [6.45, 7) is 4.85. The molecule has 0 spiro atoms. The van der Waals surface area contributed by atoms with Crippen LogP contribution in [0.3, 0.4) is 0 Å². The molecule has 0 unspecified atom stereocenters. The van der Waals surface area contributed by atoms with Crippen molar-refractivity contribution < 1.29 is 9.53 Å². The van der Waals surface area contributed by atoms with E-state index in [9.17, 15) is 4.79 Å². The molecule has 1 aromatic carbocycles. The lowest BCUT2D eigenvalue weighted by Gasteiger charge is -2.09. The lowest BCUT2D eigenvalue weighted by Crippen LogP contribution is -2.13. The van der Waals surface area contributed by atoms with Crippen molar-refractivity contribution in [2.24, 2.45) is 0 Å². The molecule has 0 N–H and O–H groups in total. The number of carbonyl (C=O) groups excluding carboxylic acids is 1. The Hall–Kier alpha value is -2.07. The average Bonchev–Trinajstić information content (AvgIpc) is 3.04. The SMILES string of the molecule is CCOC(=O)c1c(C)ccn1Cc1csc2ccccc12. The van der Waals surface area contributed by atoms with E-state index >= 15 is 0 Å². The van der Waals surface area contributed by atoms with Crippen LogP contribution in [0, 0.1) is 6.92 Å². The van der Waals surface area contributed by atoms with Gasteiger partial charge in [-0.3, -0.25) is 0 Å². The van der Waals surface area contributed by atoms with Gasteiger partial charge in [-0.25, -0.2) is 4.79 Å². The Labute approximate surface area is 127 Å². The largest absolute Gasteiger partial charge is 0.461 e. The molecule has 0 aliphatic carbocycles. The summed E-state index contributed by atoms with van der Waals surface area (Å²) in [7, 11) is 0. The van der Waals surface area contributed by atoms with E-state index < -0.39 is 0 Å². The van der Waals surface area contributed by atoms with Crippen molar-refractivity contribution in [1.29, 1.82) is 0 Å². The van der Waals surface area contributed by atoms with E-state index in [-0.39, 0.29) is 5.97 Å². The molecule has 0 aliphatic heterocycles. The Morgan fingerprint density at radius 3 is 2.90 bits per heavy atom. The van der Waals surface area contributed by atoms with Crippen molar-refractivity contribution in [3.05, 3.63) is 58.7 Å². The molecule has 0 atom stereocenters. The van der Waals surface area contributed by atoms with Gasteiger partial charge in [-0.05, 0) is 47.9 Å². The van der Waals surface area contributed by atoms with Crippen LogP contribution in [-0.2, 0) is 11.3 Å². The molecule has 2 heterocycles. The summed E-state index contributed by atoms with van der Waals surface area (Å²) in [5.41, 5.74) is 2.83. The lowest BCUT2D eigenvalue weighted by atomic mass is 10.2. The minimum Gasteiger partial charge on any atom is -0.461 e. The Balaban J connectivity index is 1.97. The monoisotopic (exact) mass is 299 g/mol. The van der Waals surface area contributed by atoms with Crippen molar-refractivity contribution in [3.8, 4) is 0 Å². The zero-order chi connectivity index (χ0) is 14.8. The predicted octanol–water partition coefficient (Wildman–Crippen LogP) is 4.24. The number of benzene rings is 1. The summed E-state index contributed by atoms with van der Waals surface area (Å²) >= 11 is 1.73. The molecule has 0 fully saturated rings. The van der Waals surface area contributed by atoms with Gasteiger partial charge < -0.3 is 9.30 Å². The van der Waals surface area contributed by atoms with Gasteiger partial charge >= 0.3 is 5.97 Å². The molecule has 3 rings (SSSR count). The predicted molar refractivity (Wildman–Crippen MR) is 86.1 cm³/mol. The zero-order valence-electron chi connectivity index (χ0n) is 12.1. The number of fused-ring (bicyclic) bond motifs is 1. The number of hydrogen-bond donors (Lipinski definition) is 0. The highest BCUT2D eigenvalue weighted by molar-refractivity contribution is 7.17. The van der Waals surface area contributed by atoms with Crippen LogP contribution >= 0.6 is 11.3 Å². The van der Waals surface area contributed by atoms with E-state index in [1.807, 2.05) is 42.8 Å². The smallest absolute Gasteiger partial charge is 0.355 e. The zero-order valence-corrected chi connectivity index (χ0v) is 12.9. The van der Waals surface area contributed by atoms with Gasteiger partial charge in [0.05, 0.1) is 6.61 Å². The van der Waals surface area contributed by atoms with Gasteiger partial charge in [-0.15, -0.1) is 11.3 Å². The minimum atomic E-state index is -0.250. The Kier molecular flexibility index (Phi) is 3.80. The highest BCUT2D eigenvalue weighted by Gasteiger charge is 2.16. The number of ether oxygens (including phenoxy) is 1. The second kappa shape index (κ2) is 5.74. The molecule has 3 aromatic rings. The average molecular weight is 299 g/mol. The maximum Gasteiger partial charge on any atom is 0.355 e. The maximum atomic E-state index is 12.1. The number of carbonyl (C=O) groups is 1. The van der Waals surface area contributed by atoms with Crippen molar-refractivity contribution >= 4 is 27.4 Å². The molecule has 0 saturated carbocycles. The van der Waals surface area contributed by atoms with Crippen LogP contribution < -0.4 is 0 Å². The number of nitrogens with zero attached hydrogens (tertiary/aromatic N) is 1. The lowest BCUT2D eigenvalue weighted by molar-refractivity contribution is 0.0513. The number of aromatic nitrogens is 1. The van der Waals surface area contributed by atoms with Gasteiger partial charge in [-0.2, -0.15) is 0 Å². The fourth-order valence-corrected chi connectivity index (χ4v) is 3.48. The van der Waals surface area contributed by atoms with E-state index in [2.05, 4.69) is 17.5 Å². The first-order valence-electron chi connectivity index (χ1n) is 6.98. The van der Waals surface area contributed by atoms with Gasteiger partial charge in [-0.1, -0.05) is 18.2 Å². The van der Waals surface area contributed by atoms with Crippen LogP contribution in [0.4, 0.5) is 0 Å². The van der Waals surface area contributed by atoms with Crippen LogP contribution in [0.1, 0.15) is 28.5 Å². The van der Waals surface area contributed by atoms with Crippen LogP contribution in [-0.4, -0.2) is 17.1 Å². The summed E-state index contributed by atoms with van der Waals surface area (Å²) in [6, 6.07) is 10.3. The normalized spacial score (nSPS) is 11.0. The molecule has 0 amide bonds. The first-order chi connectivity index (χ1) is 10.2. The molecule has 108 valence electrons. The van der Waals surface area contributed by atoms with Gasteiger partial charge in [0.25, 0.3) is 0 Å². The Morgan fingerprint density at radius 2 is 2.10 bits per heavy atom. The molecule has 0 aliphatic rings. The first kappa shape index (κ1) is 13.9.